The van der Waals surface area contributed by atoms with E-state index in [1.165, 1.54) is 11.3 Å². The van der Waals surface area contributed by atoms with Gasteiger partial charge in [-0.05, 0) is 24.3 Å². The molecular formula is C15H13ClN4OS. The van der Waals surface area contributed by atoms with Crippen LogP contribution in [0.4, 0.5) is 0 Å². The van der Waals surface area contributed by atoms with Gasteiger partial charge in [0.15, 0.2) is 5.82 Å². The largest absolute Gasteiger partial charge is 0.350 e. The quantitative estimate of drug-likeness (QED) is 0.781. The summed E-state index contributed by atoms with van der Waals surface area (Å²) in [5.41, 5.74) is 0.809. The second-order valence-corrected chi connectivity index (χ2v) is 6.23. The SMILES string of the molecule is O=C(NCCn1ccnc1-c1ccccn1)c1ccc(Cl)s1. The van der Waals surface area contributed by atoms with Gasteiger partial charge in [0.05, 0.1) is 9.21 Å². The zero-order chi connectivity index (χ0) is 15.4. The standard InChI is InChI=1S/C15H13ClN4OS/c16-13-5-4-12(22-13)15(21)19-8-10-20-9-7-18-14(20)11-3-1-2-6-17-11/h1-7,9H,8,10H2,(H,19,21). The molecule has 3 rings (SSSR count). The minimum atomic E-state index is -0.114. The van der Waals surface area contributed by atoms with Gasteiger partial charge in [-0.2, -0.15) is 0 Å². The van der Waals surface area contributed by atoms with Crippen molar-refractivity contribution in [2.24, 2.45) is 0 Å². The summed E-state index contributed by atoms with van der Waals surface area (Å²) in [6.45, 7) is 1.13. The van der Waals surface area contributed by atoms with Gasteiger partial charge in [-0.25, -0.2) is 4.98 Å². The number of hydrogen-bond acceptors (Lipinski definition) is 4. The molecule has 5 nitrogen and oxygen atoms in total. The zero-order valence-electron chi connectivity index (χ0n) is 11.6. The van der Waals surface area contributed by atoms with Crippen molar-refractivity contribution in [1.82, 2.24) is 19.9 Å². The normalized spacial score (nSPS) is 10.6. The third-order valence-corrected chi connectivity index (χ3v) is 4.27. The molecule has 3 aromatic heterocycles. The molecule has 0 bridgehead atoms. The summed E-state index contributed by atoms with van der Waals surface area (Å²) >= 11 is 7.10. The molecule has 1 N–H and O–H groups in total. The molecule has 0 unspecified atom stereocenters. The molecule has 0 aliphatic carbocycles. The average molecular weight is 333 g/mol. The van der Waals surface area contributed by atoms with Crippen LogP contribution in [0.2, 0.25) is 4.34 Å². The van der Waals surface area contributed by atoms with Crippen molar-refractivity contribution >= 4 is 28.8 Å². The Morgan fingerprint density at radius 2 is 2.14 bits per heavy atom. The highest BCUT2D eigenvalue weighted by Gasteiger charge is 2.09. The van der Waals surface area contributed by atoms with E-state index in [1.54, 1.807) is 24.5 Å². The van der Waals surface area contributed by atoms with Gasteiger partial charge in [0.1, 0.15) is 5.69 Å². The van der Waals surface area contributed by atoms with Crippen molar-refractivity contribution < 1.29 is 4.79 Å². The Balaban J connectivity index is 1.61. The van der Waals surface area contributed by atoms with Crippen molar-refractivity contribution in [2.75, 3.05) is 6.54 Å². The Morgan fingerprint density at radius 3 is 2.86 bits per heavy atom. The fraction of sp³-hybridized carbons (Fsp3) is 0.133. The molecule has 1 amide bonds. The summed E-state index contributed by atoms with van der Waals surface area (Å²) in [5, 5.41) is 2.87. The van der Waals surface area contributed by atoms with Crippen LogP contribution in [0.3, 0.4) is 0 Å². The van der Waals surface area contributed by atoms with E-state index in [9.17, 15) is 4.79 Å². The lowest BCUT2D eigenvalue weighted by molar-refractivity contribution is 0.0956. The number of hydrogen-bond donors (Lipinski definition) is 1. The molecule has 0 aliphatic heterocycles. The first-order valence-corrected chi connectivity index (χ1v) is 7.89. The molecule has 0 saturated carbocycles. The van der Waals surface area contributed by atoms with Crippen LogP contribution in [0.1, 0.15) is 9.67 Å². The molecule has 0 aromatic carbocycles. The Kier molecular flexibility index (Phi) is 4.50. The van der Waals surface area contributed by atoms with Crippen LogP contribution in [0.5, 0.6) is 0 Å². The van der Waals surface area contributed by atoms with Crippen LogP contribution in [0.15, 0.2) is 48.9 Å². The van der Waals surface area contributed by atoms with Crippen LogP contribution < -0.4 is 5.32 Å². The highest BCUT2D eigenvalue weighted by molar-refractivity contribution is 7.17. The highest BCUT2D eigenvalue weighted by Crippen LogP contribution is 2.21. The van der Waals surface area contributed by atoms with E-state index >= 15 is 0 Å². The van der Waals surface area contributed by atoms with Crippen molar-refractivity contribution in [3.63, 3.8) is 0 Å². The number of nitrogens with zero attached hydrogens (tertiary/aromatic N) is 3. The third kappa shape index (κ3) is 3.35. The van der Waals surface area contributed by atoms with Gasteiger partial charge in [-0.15, -0.1) is 11.3 Å². The Hall–Kier alpha value is -2.18. The maximum Gasteiger partial charge on any atom is 0.261 e. The minimum absolute atomic E-state index is 0.114. The lowest BCUT2D eigenvalue weighted by Crippen LogP contribution is -2.26. The number of amides is 1. The summed E-state index contributed by atoms with van der Waals surface area (Å²) in [6, 6.07) is 9.13. The van der Waals surface area contributed by atoms with Crippen molar-refractivity contribution in [3.8, 4) is 11.5 Å². The Bertz CT molecular complexity index is 769. The monoisotopic (exact) mass is 332 g/mol. The van der Waals surface area contributed by atoms with E-state index in [0.29, 0.717) is 22.3 Å². The van der Waals surface area contributed by atoms with Gasteiger partial charge in [0.2, 0.25) is 0 Å². The maximum absolute atomic E-state index is 11.9. The topological polar surface area (TPSA) is 59.8 Å². The third-order valence-electron chi connectivity index (χ3n) is 3.04. The number of thiophene rings is 1. The molecular weight excluding hydrogens is 320 g/mol. The summed E-state index contributed by atoms with van der Waals surface area (Å²) in [5.74, 6) is 0.672. The van der Waals surface area contributed by atoms with Gasteiger partial charge in [0.25, 0.3) is 5.91 Å². The van der Waals surface area contributed by atoms with Crippen molar-refractivity contribution in [1.29, 1.82) is 0 Å². The van der Waals surface area contributed by atoms with Gasteiger partial charge in [0, 0.05) is 31.7 Å². The van der Waals surface area contributed by atoms with Crippen LogP contribution in [-0.2, 0) is 6.54 Å². The van der Waals surface area contributed by atoms with E-state index in [4.69, 9.17) is 11.6 Å². The van der Waals surface area contributed by atoms with Crippen LogP contribution in [0, 0.1) is 0 Å². The first kappa shape index (κ1) is 14.7. The fourth-order valence-electron chi connectivity index (χ4n) is 2.03. The molecule has 0 spiro atoms. The molecule has 7 heteroatoms. The highest BCUT2D eigenvalue weighted by atomic mass is 35.5. The number of rotatable bonds is 5. The lowest BCUT2D eigenvalue weighted by atomic mass is 10.3. The first-order chi connectivity index (χ1) is 10.7. The molecule has 3 heterocycles. The average Bonchev–Trinajstić information content (AvgIpc) is 3.17. The first-order valence-electron chi connectivity index (χ1n) is 6.70. The predicted molar refractivity (Wildman–Crippen MR) is 87.1 cm³/mol. The van der Waals surface area contributed by atoms with E-state index in [1.807, 2.05) is 29.0 Å². The van der Waals surface area contributed by atoms with E-state index < -0.39 is 0 Å². The molecule has 0 aliphatic rings. The molecule has 0 saturated heterocycles. The molecule has 0 atom stereocenters. The van der Waals surface area contributed by atoms with Gasteiger partial charge in [-0.3, -0.25) is 9.78 Å². The summed E-state index contributed by atoms with van der Waals surface area (Å²) in [7, 11) is 0. The van der Waals surface area contributed by atoms with Gasteiger partial charge in [-0.1, -0.05) is 17.7 Å². The summed E-state index contributed by atoms with van der Waals surface area (Å²) in [6.07, 6.45) is 5.33. The van der Waals surface area contributed by atoms with Gasteiger partial charge >= 0.3 is 0 Å². The number of imidazole rings is 1. The molecule has 0 radical (unpaired) electrons. The maximum atomic E-state index is 11.9. The number of halogens is 1. The smallest absolute Gasteiger partial charge is 0.261 e. The molecule has 0 fully saturated rings. The van der Waals surface area contributed by atoms with Crippen LogP contribution >= 0.6 is 22.9 Å². The summed E-state index contributed by atoms with van der Waals surface area (Å²) < 4.78 is 2.57. The molecule has 3 aromatic rings. The fourth-order valence-corrected chi connectivity index (χ4v) is 2.99. The predicted octanol–water partition coefficient (Wildman–Crippen LogP) is 3.09. The lowest BCUT2D eigenvalue weighted by Gasteiger charge is -2.08. The Labute approximate surface area is 136 Å². The number of nitrogens with one attached hydrogen (secondary N) is 1. The number of aromatic nitrogens is 3. The van der Waals surface area contributed by atoms with E-state index in [-0.39, 0.29) is 5.91 Å². The summed E-state index contributed by atoms with van der Waals surface area (Å²) in [4.78, 5) is 21.2. The van der Waals surface area contributed by atoms with Crippen molar-refractivity contribution in [2.45, 2.75) is 6.54 Å². The number of carbonyl (C=O) groups excluding carboxylic acids is 1. The molecule has 22 heavy (non-hydrogen) atoms. The Morgan fingerprint density at radius 1 is 1.23 bits per heavy atom. The van der Waals surface area contributed by atoms with Gasteiger partial charge < -0.3 is 9.88 Å². The number of pyridine rings is 1. The number of carbonyl (C=O) groups is 1. The second kappa shape index (κ2) is 6.72. The van der Waals surface area contributed by atoms with Crippen molar-refractivity contribution in [3.05, 3.63) is 58.1 Å². The second-order valence-electron chi connectivity index (χ2n) is 4.52. The molecule has 112 valence electrons. The minimum Gasteiger partial charge on any atom is -0.350 e. The van der Waals surface area contributed by atoms with E-state index in [2.05, 4.69) is 15.3 Å². The van der Waals surface area contributed by atoms with Crippen LogP contribution in [-0.4, -0.2) is 27.0 Å². The zero-order valence-corrected chi connectivity index (χ0v) is 13.1. The van der Waals surface area contributed by atoms with Crippen LogP contribution in [0.25, 0.3) is 11.5 Å². The van der Waals surface area contributed by atoms with E-state index in [0.717, 1.165) is 11.5 Å².